The maximum absolute atomic E-state index is 13.1. The number of unbranched alkanes of at least 4 members (excludes halogenated alkanes) is 1. The van der Waals surface area contributed by atoms with Crippen LogP contribution in [0.15, 0.2) is 57.8 Å². The number of H-pyrrole nitrogens is 1. The molecule has 2 aromatic heterocycles. The highest BCUT2D eigenvalue weighted by molar-refractivity contribution is 9.10. The molecule has 0 aliphatic carbocycles. The molecule has 2 N–H and O–H groups in total. The lowest BCUT2D eigenvalue weighted by molar-refractivity contribution is 0.0953. The first-order valence-corrected chi connectivity index (χ1v) is 10.4. The number of aryl methyl sites for hydroxylation is 2. The number of fused-ring (bicyclic) bond motifs is 3. The van der Waals surface area contributed by atoms with E-state index >= 15 is 0 Å². The first-order chi connectivity index (χ1) is 14.1. The fourth-order valence-corrected chi connectivity index (χ4v) is 3.95. The standard InChI is InChI=1S/C22H21BrN4O2/c1-14-19-20(26-25-14)17-13-16(23)9-10-18(17)27(22(19)29)12-6-5-11-24-21(28)15-7-3-2-4-8-15/h2-4,7-10,13H,5-6,11-12H2,1H3,(H,24,28)(H,25,26). The second kappa shape index (κ2) is 8.21. The molecule has 0 unspecified atom stereocenters. The van der Waals surface area contributed by atoms with Crippen LogP contribution < -0.4 is 10.9 Å². The summed E-state index contributed by atoms with van der Waals surface area (Å²) in [5.41, 5.74) is 2.98. The summed E-state index contributed by atoms with van der Waals surface area (Å²) in [5, 5.41) is 11.8. The predicted molar refractivity (Wildman–Crippen MR) is 118 cm³/mol. The predicted octanol–water partition coefficient (Wildman–Crippen LogP) is 4.16. The smallest absolute Gasteiger partial charge is 0.262 e. The number of carbonyl (C=O) groups is 1. The van der Waals surface area contributed by atoms with Crippen LogP contribution in [0.2, 0.25) is 0 Å². The Morgan fingerprint density at radius 3 is 2.76 bits per heavy atom. The molecule has 0 aliphatic rings. The summed E-state index contributed by atoms with van der Waals surface area (Å²) in [6, 6.07) is 15.1. The van der Waals surface area contributed by atoms with Crippen molar-refractivity contribution in [3.05, 3.63) is 74.6 Å². The lowest BCUT2D eigenvalue weighted by Crippen LogP contribution is -2.25. The number of hydrogen-bond acceptors (Lipinski definition) is 3. The number of benzene rings is 2. The van der Waals surface area contributed by atoms with Crippen molar-refractivity contribution in [3.8, 4) is 0 Å². The van der Waals surface area contributed by atoms with Crippen molar-refractivity contribution in [3.63, 3.8) is 0 Å². The molecule has 6 nitrogen and oxygen atoms in total. The van der Waals surface area contributed by atoms with E-state index in [0.717, 1.165) is 33.7 Å². The van der Waals surface area contributed by atoms with E-state index in [2.05, 4.69) is 31.4 Å². The van der Waals surface area contributed by atoms with Gasteiger partial charge in [0.25, 0.3) is 11.5 Å². The first-order valence-electron chi connectivity index (χ1n) is 9.56. The Labute approximate surface area is 176 Å². The highest BCUT2D eigenvalue weighted by Gasteiger charge is 2.15. The maximum Gasteiger partial charge on any atom is 0.262 e. The third-order valence-corrected chi connectivity index (χ3v) is 5.55. The van der Waals surface area contributed by atoms with Gasteiger partial charge >= 0.3 is 0 Å². The quantitative estimate of drug-likeness (QED) is 0.431. The molecule has 0 fully saturated rings. The summed E-state index contributed by atoms with van der Waals surface area (Å²) in [5.74, 6) is -0.0755. The van der Waals surface area contributed by atoms with Gasteiger partial charge in [0, 0.05) is 28.5 Å². The van der Waals surface area contributed by atoms with E-state index in [1.807, 2.05) is 47.9 Å². The lowest BCUT2D eigenvalue weighted by Gasteiger charge is -2.12. The highest BCUT2D eigenvalue weighted by Crippen LogP contribution is 2.26. The molecule has 7 heteroatoms. The third-order valence-electron chi connectivity index (χ3n) is 5.05. The fraction of sp³-hybridized carbons (Fsp3) is 0.227. The van der Waals surface area contributed by atoms with Crippen LogP contribution in [0.1, 0.15) is 28.9 Å². The highest BCUT2D eigenvalue weighted by atomic mass is 79.9. The molecule has 0 saturated heterocycles. The number of carbonyl (C=O) groups excluding carboxylic acids is 1. The molecular formula is C22H21BrN4O2. The van der Waals surface area contributed by atoms with Crippen LogP contribution in [0.3, 0.4) is 0 Å². The fourth-order valence-electron chi connectivity index (χ4n) is 3.59. The lowest BCUT2D eigenvalue weighted by atomic mass is 10.1. The van der Waals surface area contributed by atoms with E-state index in [-0.39, 0.29) is 11.5 Å². The zero-order valence-electron chi connectivity index (χ0n) is 16.0. The number of pyridine rings is 1. The number of hydrogen-bond donors (Lipinski definition) is 2. The molecule has 0 atom stereocenters. The van der Waals surface area contributed by atoms with E-state index in [1.54, 1.807) is 12.1 Å². The van der Waals surface area contributed by atoms with Gasteiger partial charge in [-0.3, -0.25) is 14.7 Å². The summed E-state index contributed by atoms with van der Waals surface area (Å²) in [4.78, 5) is 25.2. The van der Waals surface area contributed by atoms with E-state index in [9.17, 15) is 9.59 Å². The van der Waals surface area contributed by atoms with Crippen LogP contribution in [-0.2, 0) is 6.54 Å². The summed E-state index contributed by atoms with van der Waals surface area (Å²) >= 11 is 3.51. The average Bonchev–Trinajstić information content (AvgIpc) is 3.12. The van der Waals surface area contributed by atoms with Crippen molar-refractivity contribution in [2.24, 2.45) is 0 Å². The second-order valence-electron chi connectivity index (χ2n) is 7.01. The van der Waals surface area contributed by atoms with Crippen molar-refractivity contribution in [2.75, 3.05) is 6.54 Å². The summed E-state index contributed by atoms with van der Waals surface area (Å²) < 4.78 is 2.76. The topological polar surface area (TPSA) is 79.8 Å². The van der Waals surface area contributed by atoms with Crippen LogP contribution in [0, 0.1) is 6.92 Å². The van der Waals surface area contributed by atoms with Crippen molar-refractivity contribution in [1.29, 1.82) is 0 Å². The van der Waals surface area contributed by atoms with E-state index in [0.29, 0.717) is 29.7 Å². The van der Waals surface area contributed by atoms with Crippen LogP contribution in [-0.4, -0.2) is 27.2 Å². The van der Waals surface area contributed by atoms with Gasteiger partial charge in [-0.1, -0.05) is 34.1 Å². The molecule has 4 aromatic rings. The van der Waals surface area contributed by atoms with Gasteiger partial charge in [-0.25, -0.2) is 0 Å². The Hall–Kier alpha value is -2.93. The number of nitrogens with zero attached hydrogens (tertiary/aromatic N) is 2. The molecule has 2 aromatic carbocycles. The summed E-state index contributed by atoms with van der Waals surface area (Å²) in [7, 11) is 0. The minimum absolute atomic E-state index is 0.0330. The van der Waals surface area contributed by atoms with Gasteiger partial charge in [0.1, 0.15) is 0 Å². The number of aromatic amines is 1. The average molecular weight is 453 g/mol. The Morgan fingerprint density at radius 1 is 1.17 bits per heavy atom. The molecule has 2 heterocycles. The molecule has 0 aliphatic heterocycles. The van der Waals surface area contributed by atoms with Crippen molar-refractivity contribution in [2.45, 2.75) is 26.3 Å². The Balaban J connectivity index is 1.50. The minimum Gasteiger partial charge on any atom is -0.352 e. The molecule has 29 heavy (non-hydrogen) atoms. The molecule has 0 radical (unpaired) electrons. The molecule has 148 valence electrons. The van der Waals surface area contributed by atoms with Gasteiger partial charge in [0.05, 0.1) is 22.1 Å². The summed E-state index contributed by atoms with van der Waals surface area (Å²) in [6.45, 7) is 2.99. The number of nitrogens with one attached hydrogen (secondary N) is 2. The first kappa shape index (κ1) is 19.4. The second-order valence-corrected chi connectivity index (χ2v) is 7.92. The number of rotatable bonds is 6. The number of amides is 1. The number of halogens is 1. The van der Waals surface area contributed by atoms with Crippen molar-refractivity contribution < 1.29 is 4.79 Å². The molecule has 0 bridgehead atoms. The minimum atomic E-state index is -0.0755. The van der Waals surface area contributed by atoms with Gasteiger partial charge in [-0.2, -0.15) is 5.10 Å². The van der Waals surface area contributed by atoms with Gasteiger partial charge in [-0.15, -0.1) is 0 Å². The molecule has 0 saturated carbocycles. The van der Waals surface area contributed by atoms with Gasteiger partial charge in [0.2, 0.25) is 0 Å². The number of aromatic nitrogens is 3. The Bertz CT molecular complexity index is 1240. The van der Waals surface area contributed by atoms with Gasteiger partial charge in [0.15, 0.2) is 0 Å². The summed E-state index contributed by atoms with van der Waals surface area (Å²) in [6.07, 6.45) is 1.56. The van der Waals surface area contributed by atoms with Gasteiger partial charge < -0.3 is 9.88 Å². The molecule has 1 amide bonds. The zero-order chi connectivity index (χ0) is 20.4. The van der Waals surface area contributed by atoms with E-state index in [1.165, 1.54) is 0 Å². The van der Waals surface area contributed by atoms with Gasteiger partial charge in [-0.05, 0) is 50.1 Å². The molecule has 0 spiro atoms. The Morgan fingerprint density at radius 2 is 1.97 bits per heavy atom. The van der Waals surface area contributed by atoms with Crippen LogP contribution in [0.4, 0.5) is 0 Å². The Kier molecular flexibility index (Phi) is 5.49. The molecular weight excluding hydrogens is 432 g/mol. The van der Waals surface area contributed by atoms with E-state index < -0.39 is 0 Å². The van der Waals surface area contributed by atoms with Crippen molar-refractivity contribution >= 4 is 43.6 Å². The zero-order valence-corrected chi connectivity index (χ0v) is 17.6. The van der Waals surface area contributed by atoms with Crippen LogP contribution in [0.5, 0.6) is 0 Å². The normalized spacial score (nSPS) is 11.2. The van der Waals surface area contributed by atoms with Crippen LogP contribution in [0.25, 0.3) is 21.8 Å². The monoisotopic (exact) mass is 452 g/mol. The van der Waals surface area contributed by atoms with Crippen molar-refractivity contribution in [1.82, 2.24) is 20.1 Å². The van der Waals surface area contributed by atoms with Crippen LogP contribution >= 0.6 is 15.9 Å². The molecule has 4 rings (SSSR count). The van der Waals surface area contributed by atoms with E-state index in [4.69, 9.17) is 0 Å². The SMILES string of the molecule is Cc1n[nH]c2c1c(=O)n(CCCCNC(=O)c1ccccc1)c1ccc(Br)cc21. The third kappa shape index (κ3) is 3.82. The maximum atomic E-state index is 13.1. The largest absolute Gasteiger partial charge is 0.352 e.